The average molecular weight is 446 g/mol. The lowest BCUT2D eigenvalue weighted by molar-refractivity contribution is 0.600. The molecular formula is C17H20BrNO4S2. The van der Waals surface area contributed by atoms with Crippen LogP contribution in [-0.2, 0) is 26.1 Å². The molecule has 0 bridgehead atoms. The van der Waals surface area contributed by atoms with Gasteiger partial charge in [0.1, 0.15) is 0 Å². The van der Waals surface area contributed by atoms with Crippen molar-refractivity contribution < 1.29 is 16.8 Å². The van der Waals surface area contributed by atoms with Crippen LogP contribution in [0.1, 0.15) is 5.56 Å². The molecule has 0 aromatic heterocycles. The quantitative estimate of drug-likeness (QED) is 0.683. The molecule has 0 atom stereocenters. The third-order valence-corrected chi connectivity index (χ3v) is 6.58. The normalized spacial score (nSPS) is 12.2. The molecule has 0 aliphatic heterocycles. The summed E-state index contributed by atoms with van der Waals surface area (Å²) >= 11 is 3.39. The third kappa shape index (κ3) is 5.29. The smallest absolute Gasteiger partial charge is 0.177 e. The minimum Gasteiger partial charge on any atom is -0.373 e. The summed E-state index contributed by atoms with van der Waals surface area (Å²) < 4.78 is 48.7. The Morgan fingerprint density at radius 2 is 1.52 bits per heavy atom. The number of likely N-dealkylation sites (N-methyl/N-ethyl adjacent to an activating group) is 1. The van der Waals surface area contributed by atoms with Crippen LogP contribution in [0.25, 0.3) is 0 Å². The second kappa shape index (κ2) is 7.47. The molecule has 2 rings (SSSR count). The van der Waals surface area contributed by atoms with Crippen LogP contribution >= 0.6 is 15.9 Å². The molecule has 0 spiro atoms. The molecule has 0 aliphatic carbocycles. The monoisotopic (exact) mass is 445 g/mol. The predicted molar refractivity (Wildman–Crippen MR) is 104 cm³/mol. The number of hydrogen-bond donors (Lipinski definition) is 0. The summed E-state index contributed by atoms with van der Waals surface area (Å²) in [6.45, 7) is 0.600. The predicted octanol–water partition coefficient (Wildman–Crippen LogP) is 2.94. The highest BCUT2D eigenvalue weighted by Gasteiger charge is 2.20. The zero-order chi connectivity index (χ0) is 18.8. The van der Waals surface area contributed by atoms with Gasteiger partial charge in [-0.3, -0.25) is 0 Å². The van der Waals surface area contributed by atoms with E-state index in [9.17, 15) is 16.8 Å². The van der Waals surface area contributed by atoms with Gasteiger partial charge in [0.05, 0.1) is 15.5 Å². The zero-order valence-corrected chi connectivity index (χ0v) is 17.4. The molecule has 0 amide bonds. The van der Waals surface area contributed by atoms with Gasteiger partial charge in [0.15, 0.2) is 19.7 Å². The topological polar surface area (TPSA) is 71.5 Å². The lowest BCUT2D eigenvalue weighted by atomic mass is 10.1. The van der Waals surface area contributed by atoms with Crippen molar-refractivity contribution in [1.82, 2.24) is 0 Å². The zero-order valence-electron chi connectivity index (χ0n) is 14.2. The molecule has 0 heterocycles. The molecule has 2 aromatic rings. The maximum atomic E-state index is 12.1. The molecule has 0 unspecified atom stereocenters. The second-order valence-electron chi connectivity index (χ2n) is 5.97. The minimum absolute atomic E-state index is 0.00187. The Bertz CT molecular complexity index is 968. The summed E-state index contributed by atoms with van der Waals surface area (Å²) in [7, 11) is -5.24. The summed E-state index contributed by atoms with van der Waals surface area (Å²) in [6.07, 6.45) is 2.88. The molecule has 8 heteroatoms. The van der Waals surface area contributed by atoms with Crippen molar-refractivity contribution in [2.45, 2.75) is 16.2 Å². The Morgan fingerprint density at radius 1 is 0.920 bits per heavy atom. The van der Waals surface area contributed by atoms with Gasteiger partial charge in [0.2, 0.25) is 0 Å². The summed E-state index contributed by atoms with van der Waals surface area (Å²) in [5, 5.41) is 0. The first-order valence-electron chi connectivity index (χ1n) is 7.48. The van der Waals surface area contributed by atoms with E-state index in [0.717, 1.165) is 29.0 Å². The number of benzene rings is 2. The SMILES string of the molecule is CN(CCc1ccc(Br)cc1)c1ccc(S(C)(=O)=O)cc1S(C)(=O)=O. The fraction of sp³-hybridized carbons (Fsp3) is 0.294. The Labute approximate surface area is 157 Å². The maximum absolute atomic E-state index is 12.1. The summed E-state index contributed by atoms with van der Waals surface area (Å²) in [4.78, 5) is 1.84. The van der Waals surface area contributed by atoms with Crippen LogP contribution in [0.2, 0.25) is 0 Å². The van der Waals surface area contributed by atoms with Gasteiger partial charge in [0.25, 0.3) is 0 Å². The van der Waals surface area contributed by atoms with Gasteiger partial charge in [0, 0.05) is 30.6 Å². The standard InChI is InChI=1S/C17H20BrNO4S2/c1-19(11-10-13-4-6-14(18)7-5-13)16-9-8-15(24(2,20)21)12-17(16)25(3,22)23/h4-9,12H,10-11H2,1-3H3. The van der Waals surface area contributed by atoms with E-state index in [4.69, 9.17) is 0 Å². The highest BCUT2D eigenvalue weighted by atomic mass is 79.9. The van der Waals surface area contributed by atoms with Crippen molar-refractivity contribution in [3.63, 3.8) is 0 Å². The summed E-state index contributed by atoms with van der Waals surface area (Å²) in [5.41, 5.74) is 1.62. The number of rotatable bonds is 6. The van der Waals surface area contributed by atoms with Crippen molar-refractivity contribution >= 4 is 41.3 Å². The number of halogens is 1. The van der Waals surface area contributed by atoms with E-state index in [1.54, 1.807) is 13.1 Å². The van der Waals surface area contributed by atoms with Gasteiger partial charge in [-0.25, -0.2) is 16.8 Å². The average Bonchev–Trinajstić information content (AvgIpc) is 2.52. The fourth-order valence-electron chi connectivity index (χ4n) is 2.41. The Balaban J connectivity index is 2.32. The van der Waals surface area contributed by atoms with E-state index in [1.807, 2.05) is 29.2 Å². The van der Waals surface area contributed by atoms with Crippen LogP contribution in [0.5, 0.6) is 0 Å². The Morgan fingerprint density at radius 3 is 2.04 bits per heavy atom. The molecule has 0 fully saturated rings. The van der Waals surface area contributed by atoms with Gasteiger partial charge in [-0.2, -0.15) is 0 Å². The minimum atomic E-state index is -3.56. The van der Waals surface area contributed by atoms with Crippen LogP contribution in [0.4, 0.5) is 5.69 Å². The molecular weight excluding hydrogens is 426 g/mol. The van der Waals surface area contributed by atoms with Gasteiger partial charge in [-0.15, -0.1) is 0 Å². The van der Waals surface area contributed by atoms with E-state index in [1.165, 1.54) is 12.1 Å². The number of nitrogens with zero attached hydrogens (tertiary/aromatic N) is 1. The van der Waals surface area contributed by atoms with Crippen LogP contribution in [0.3, 0.4) is 0 Å². The van der Waals surface area contributed by atoms with Crippen molar-refractivity contribution in [1.29, 1.82) is 0 Å². The molecule has 0 saturated heterocycles. The molecule has 0 radical (unpaired) electrons. The van der Waals surface area contributed by atoms with Gasteiger partial charge >= 0.3 is 0 Å². The number of sulfone groups is 2. The van der Waals surface area contributed by atoms with E-state index in [0.29, 0.717) is 12.2 Å². The van der Waals surface area contributed by atoms with Gasteiger partial charge < -0.3 is 4.90 Å². The first kappa shape index (κ1) is 19.9. The van der Waals surface area contributed by atoms with E-state index < -0.39 is 19.7 Å². The molecule has 5 nitrogen and oxygen atoms in total. The third-order valence-electron chi connectivity index (χ3n) is 3.82. The number of anilines is 1. The summed E-state index contributed by atoms with van der Waals surface area (Å²) in [5.74, 6) is 0. The molecule has 0 N–H and O–H groups in total. The molecule has 25 heavy (non-hydrogen) atoms. The van der Waals surface area contributed by atoms with Crippen molar-refractivity contribution in [2.75, 3.05) is 31.0 Å². The van der Waals surface area contributed by atoms with Crippen LogP contribution in [-0.4, -0.2) is 42.9 Å². The first-order chi connectivity index (χ1) is 11.5. The highest BCUT2D eigenvalue weighted by molar-refractivity contribution is 9.10. The van der Waals surface area contributed by atoms with Crippen molar-refractivity contribution in [3.05, 3.63) is 52.5 Å². The fourth-order valence-corrected chi connectivity index (χ4v) is 4.34. The van der Waals surface area contributed by atoms with Crippen LogP contribution < -0.4 is 4.90 Å². The van der Waals surface area contributed by atoms with Crippen molar-refractivity contribution in [3.8, 4) is 0 Å². The molecule has 0 saturated carbocycles. The van der Waals surface area contributed by atoms with Crippen LogP contribution in [0.15, 0.2) is 56.7 Å². The van der Waals surface area contributed by atoms with Gasteiger partial charge in [-0.1, -0.05) is 28.1 Å². The number of hydrogen-bond acceptors (Lipinski definition) is 5. The first-order valence-corrected chi connectivity index (χ1v) is 12.1. The highest BCUT2D eigenvalue weighted by Crippen LogP contribution is 2.28. The Kier molecular flexibility index (Phi) is 5.96. The lowest BCUT2D eigenvalue weighted by Gasteiger charge is -2.22. The maximum Gasteiger partial charge on any atom is 0.177 e. The van der Waals surface area contributed by atoms with E-state index in [-0.39, 0.29) is 9.79 Å². The molecule has 2 aromatic carbocycles. The van der Waals surface area contributed by atoms with Crippen molar-refractivity contribution in [2.24, 2.45) is 0 Å². The van der Waals surface area contributed by atoms with E-state index >= 15 is 0 Å². The van der Waals surface area contributed by atoms with Gasteiger partial charge in [-0.05, 0) is 42.3 Å². The Hall–Kier alpha value is -1.38. The summed E-state index contributed by atoms with van der Waals surface area (Å²) in [6, 6.07) is 12.1. The lowest BCUT2D eigenvalue weighted by Crippen LogP contribution is -2.22. The second-order valence-corrected chi connectivity index (χ2v) is 10.9. The largest absolute Gasteiger partial charge is 0.373 e. The van der Waals surface area contributed by atoms with Crippen LogP contribution in [0, 0.1) is 0 Å². The molecule has 136 valence electrons. The van der Waals surface area contributed by atoms with E-state index in [2.05, 4.69) is 15.9 Å². The molecule has 0 aliphatic rings.